The summed E-state index contributed by atoms with van der Waals surface area (Å²) in [5, 5.41) is 4.07. The molecule has 1 aromatic carbocycles. The third-order valence-corrected chi connectivity index (χ3v) is 3.74. The van der Waals surface area contributed by atoms with Crippen molar-refractivity contribution < 1.29 is 0 Å². The van der Waals surface area contributed by atoms with Crippen molar-refractivity contribution in [2.24, 2.45) is 4.99 Å². The number of benzene rings is 1. The summed E-state index contributed by atoms with van der Waals surface area (Å²) in [4.78, 5) is 11.2. The van der Waals surface area contributed by atoms with Crippen molar-refractivity contribution >= 4 is 41.5 Å². The first-order chi connectivity index (χ1) is 11.1. The minimum atomic E-state index is 0. The van der Waals surface area contributed by atoms with E-state index in [2.05, 4.69) is 41.2 Å². The van der Waals surface area contributed by atoms with E-state index in [9.17, 15) is 0 Å². The molecule has 1 N–H and O–H groups in total. The molecule has 0 amide bonds. The SMILES string of the molecule is CCNC(=NCc1ncccc1C)N(C)Cc1cccc(Cl)c1.I. The molecule has 0 fully saturated rings. The number of aryl methyl sites for hydroxylation is 1. The van der Waals surface area contributed by atoms with Crippen LogP contribution in [-0.2, 0) is 13.1 Å². The minimum absolute atomic E-state index is 0. The lowest BCUT2D eigenvalue weighted by Gasteiger charge is -2.22. The van der Waals surface area contributed by atoms with Crippen LogP contribution >= 0.6 is 35.6 Å². The molecule has 0 saturated heterocycles. The number of hydrogen-bond donors (Lipinski definition) is 1. The number of nitrogens with one attached hydrogen (secondary N) is 1. The molecule has 0 unspecified atom stereocenters. The van der Waals surface area contributed by atoms with Crippen molar-refractivity contribution in [3.8, 4) is 0 Å². The van der Waals surface area contributed by atoms with Crippen LogP contribution in [0.2, 0.25) is 5.02 Å². The average molecular weight is 459 g/mol. The number of rotatable bonds is 5. The maximum Gasteiger partial charge on any atom is 0.194 e. The van der Waals surface area contributed by atoms with Gasteiger partial charge in [0.2, 0.25) is 0 Å². The molecule has 0 aliphatic rings. The van der Waals surface area contributed by atoms with Crippen molar-refractivity contribution in [2.45, 2.75) is 26.9 Å². The molecule has 1 aromatic heterocycles. The standard InChI is InChI=1S/C18H23ClN4.HI/c1-4-20-18(22-12-17-14(2)7-6-10-21-17)23(3)13-15-8-5-9-16(19)11-15;/h5-11H,4,12-13H2,1-3H3,(H,20,22);1H. The summed E-state index contributed by atoms with van der Waals surface area (Å²) >= 11 is 6.06. The quantitative estimate of drug-likeness (QED) is 0.413. The van der Waals surface area contributed by atoms with Crippen LogP contribution in [0.25, 0.3) is 0 Å². The zero-order valence-corrected chi connectivity index (χ0v) is 17.4. The van der Waals surface area contributed by atoms with E-state index >= 15 is 0 Å². The predicted octanol–water partition coefficient (Wildman–Crippen LogP) is 4.26. The molecular weight excluding hydrogens is 435 g/mol. The Hall–Kier alpha value is -1.34. The van der Waals surface area contributed by atoms with Crippen LogP contribution < -0.4 is 5.32 Å². The summed E-state index contributed by atoms with van der Waals surface area (Å²) in [5.74, 6) is 0.859. The predicted molar refractivity (Wildman–Crippen MR) is 112 cm³/mol. The molecule has 6 heteroatoms. The summed E-state index contributed by atoms with van der Waals surface area (Å²) in [6.07, 6.45) is 1.81. The Kier molecular flexibility index (Phi) is 9.07. The van der Waals surface area contributed by atoms with Gasteiger partial charge >= 0.3 is 0 Å². The van der Waals surface area contributed by atoms with Crippen molar-refractivity contribution in [1.82, 2.24) is 15.2 Å². The Morgan fingerprint density at radius 3 is 2.75 bits per heavy atom. The lowest BCUT2D eigenvalue weighted by Crippen LogP contribution is -2.38. The lowest BCUT2D eigenvalue weighted by atomic mass is 10.2. The van der Waals surface area contributed by atoms with E-state index in [0.717, 1.165) is 40.9 Å². The summed E-state index contributed by atoms with van der Waals surface area (Å²) in [6.45, 7) is 6.25. The molecule has 4 nitrogen and oxygen atoms in total. The van der Waals surface area contributed by atoms with Crippen molar-refractivity contribution in [2.75, 3.05) is 13.6 Å². The Morgan fingerprint density at radius 1 is 1.29 bits per heavy atom. The molecule has 0 bridgehead atoms. The van der Waals surface area contributed by atoms with Gasteiger partial charge in [-0.2, -0.15) is 0 Å². The molecule has 0 aliphatic carbocycles. The highest BCUT2D eigenvalue weighted by Gasteiger charge is 2.07. The first-order valence-corrected chi connectivity index (χ1v) is 8.12. The Labute approximate surface area is 166 Å². The zero-order chi connectivity index (χ0) is 16.7. The van der Waals surface area contributed by atoms with Crippen LogP contribution in [0.5, 0.6) is 0 Å². The smallest absolute Gasteiger partial charge is 0.194 e. The minimum Gasteiger partial charge on any atom is -0.357 e. The number of hydrogen-bond acceptors (Lipinski definition) is 2. The van der Waals surface area contributed by atoms with Gasteiger partial charge in [-0.05, 0) is 43.2 Å². The topological polar surface area (TPSA) is 40.5 Å². The summed E-state index contributed by atoms with van der Waals surface area (Å²) < 4.78 is 0. The van der Waals surface area contributed by atoms with Crippen LogP contribution in [0.4, 0.5) is 0 Å². The molecular formula is C18H24ClIN4. The van der Waals surface area contributed by atoms with Gasteiger partial charge in [-0.15, -0.1) is 24.0 Å². The van der Waals surface area contributed by atoms with E-state index in [4.69, 9.17) is 16.6 Å². The molecule has 1 heterocycles. The van der Waals surface area contributed by atoms with Crippen molar-refractivity contribution in [3.63, 3.8) is 0 Å². The highest BCUT2D eigenvalue weighted by atomic mass is 127. The van der Waals surface area contributed by atoms with Crippen LogP contribution in [0.15, 0.2) is 47.6 Å². The molecule has 0 atom stereocenters. The number of halogens is 2. The van der Waals surface area contributed by atoms with Crippen LogP contribution in [0.1, 0.15) is 23.7 Å². The van der Waals surface area contributed by atoms with E-state index in [-0.39, 0.29) is 24.0 Å². The Morgan fingerprint density at radius 2 is 2.08 bits per heavy atom. The Bertz CT molecular complexity index is 676. The van der Waals surface area contributed by atoms with Crippen LogP contribution in [0.3, 0.4) is 0 Å². The van der Waals surface area contributed by atoms with Crippen molar-refractivity contribution in [1.29, 1.82) is 0 Å². The van der Waals surface area contributed by atoms with Crippen molar-refractivity contribution in [3.05, 3.63) is 64.4 Å². The normalized spacial score (nSPS) is 10.9. The monoisotopic (exact) mass is 458 g/mol. The lowest BCUT2D eigenvalue weighted by molar-refractivity contribution is 0.476. The molecule has 0 radical (unpaired) electrons. The molecule has 0 saturated carbocycles. The molecule has 0 aliphatic heterocycles. The Balaban J connectivity index is 0.00000288. The van der Waals surface area contributed by atoms with Gasteiger partial charge in [0.05, 0.1) is 12.2 Å². The average Bonchev–Trinajstić information content (AvgIpc) is 2.52. The van der Waals surface area contributed by atoms with E-state index in [1.54, 1.807) is 6.20 Å². The highest BCUT2D eigenvalue weighted by molar-refractivity contribution is 14.0. The fourth-order valence-corrected chi connectivity index (χ4v) is 2.50. The maximum atomic E-state index is 6.06. The third-order valence-electron chi connectivity index (χ3n) is 3.50. The largest absolute Gasteiger partial charge is 0.357 e. The van der Waals surface area contributed by atoms with Gasteiger partial charge in [0.15, 0.2) is 5.96 Å². The summed E-state index contributed by atoms with van der Waals surface area (Å²) in [7, 11) is 2.02. The van der Waals surface area contributed by atoms with Gasteiger partial charge in [0.25, 0.3) is 0 Å². The first-order valence-electron chi connectivity index (χ1n) is 7.74. The number of pyridine rings is 1. The fourth-order valence-electron chi connectivity index (χ4n) is 2.29. The van der Waals surface area contributed by atoms with Crippen LogP contribution in [-0.4, -0.2) is 29.4 Å². The van der Waals surface area contributed by atoms with Gasteiger partial charge in [0.1, 0.15) is 0 Å². The highest BCUT2D eigenvalue weighted by Crippen LogP contribution is 2.12. The second kappa shape index (κ2) is 10.5. The summed E-state index contributed by atoms with van der Waals surface area (Å²) in [6, 6.07) is 11.9. The van der Waals surface area contributed by atoms with Gasteiger partial charge in [-0.25, -0.2) is 4.99 Å². The molecule has 2 aromatic rings. The number of nitrogens with zero attached hydrogens (tertiary/aromatic N) is 3. The molecule has 24 heavy (non-hydrogen) atoms. The second-order valence-corrected chi connectivity index (χ2v) is 5.86. The van der Waals surface area contributed by atoms with E-state index in [1.165, 1.54) is 0 Å². The third kappa shape index (κ3) is 6.28. The fraction of sp³-hybridized carbons (Fsp3) is 0.333. The number of guanidine groups is 1. The van der Waals surface area contributed by atoms with Gasteiger partial charge < -0.3 is 10.2 Å². The molecule has 0 spiro atoms. The first kappa shape index (κ1) is 20.7. The maximum absolute atomic E-state index is 6.06. The molecule has 130 valence electrons. The summed E-state index contributed by atoms with van der Waals surface area (Å²) in [5.41, 5.74) is 3.31. The zero-order valence-electron chi connectivity index (χ0n) is 14.3. The number of aromatic nitrogens is 1. The van der Waals surface area contributed by atoms with E-state index in [0.29, 0.717) is 6.54 Å². The molecule has 2 rings (SSSR count). The van der Waals surface area contributed by atoms with Gasteiger partial charge in [0, 0.05) is 31.4 Å². The van der Waals surface area contributed by atoms with Gasteiger partial charge in [-0.3, -0.25) is 4.98 Å². The number of aliphatic imine (C=N–C) groups is 1. The van der Waals surface area contributed by atoms with E-state index in [1.807, 2.05) is 31.3 Å². The van der Waals surface area contributed by atoms with Gasteiger partial charge in [-0.1, -0.05) is 29.8 Å². The second-order valence-electron chi connectivity index (χ2n) is 5.42. The van der Waals surface area contributed by atoms with E-state index < -0.39 is 0 Å². The van der Waals surface area contributed by atoms with Crippen LogP contribution in [0, 0.1) is 6.92 Å².